The zero-order valence-electron chi connectivity index (χ0n) is 13.2. The first kappa shape index (κ1) is 2.19. The van der Waals surface area contributed by atoms with Gasteiger partial charge in [0.05, 0.1) is 5.48 Å². The number of hydrogen-bond donors (Lipinski definition) is 0. The lowest BCUT2D eigenvalue weighted by Gasteiger charge is -2.00. The SMILES string of the molecule is [2H]c1nc(OC2([2H])C([2H])([2H])C2([2H])[2H])c([2H])c(F)c1[2H]. The minimum absolute atomic E-state index is 0.839. The lowest BCUT2D eigenvalue weighted by atomic mass is 10.5. The van der Waals surface area contributed by atoms with Gasteiger partial charge in [0, 0.05) is 17.7 Å². The first-order valence-corrected chi connectivity index (χ1v) is 2.79. The van der Waals surface area contributed by atoms with Gasteiger partial charge in [-0.05, 0) is 18.8 Å². The van der Waals surface area contributed by atoms with Gasteiger partial charge < -0.3 is 4.74 Å². The number of ether oxygens (including phenoxy) is 1. The van der Waals surface area contributed by atoms with Crippen molar-refractivity contribution in [1.29, 1.82) is 0 Å². The Kier molecular flexibility index (Phi) is 0.495. The van der Waals surface area contributed by atoms with Gasteiger partial charge in [-0.15, -0.1) is 0 Å². The molecule has 1 heterocycles. The Hall–Kier alpha value is -1.12. The van der Waals surface area contributed by atoms with E-state index >= 15 is 0 Å². The van der Waals surface area contributed by atoms with Crippen molar-refractivity contribution in [1.82, 2.24) is 4.98 Å². The Bertz CT molecular complexity index is 548. The fraction of sp³-hybridized carbons (Fsp3) is 0.375. The largest absolute Gasteiger partial charge is 0.474 e. The zero-order chi connectivity index (χ0) is 14.8. The van der Waals surface area contributed by atoms with Crippen molar-refractivity contribution in [2.45, 2.75) is 18.8 Å². The van der Waals surface area contributed by atoms with Crippen LogP contribution in [0.2, 0.25) is 0 Å². The highest BCUT2D eigenvalue weighted by Gasteiger charge is 2.23. The second-order valence-corrected chi connectivity index (χ2v) is 1.77. The van der Waals surface area contributed by atoms with Crippen molar-refractivity contribution in [3.63, 3.8) is 0 Å². The van der Waals surface area contributed by atoms with Crippen LogP contribution in [0.25, 0.3) is 0 Å². The van der Waals surface area contributed by atoms with Crippen molar-refractivity contribution in [2.75, 3.05) is 0 Å². The number of aromatic nitrogens is 1. The van der Waals surface area contributed by atoms with E-state index in [1.807, 2.05) is 0 Å². The highest BCUT2D eigenvalue weighted by Crippen LogP contribution is 2.25. The van der Waals surface area contributed by atoms with Crippen LogP contribution in [0.4, 0.5) is 4.39 Å². The molecule has 0 unspecified atom stereocenters. The topological polar surface area (TPSA) is 22.1 Å². The molecule has 3 heteroatoms. The van der Waals surface area contributed by atoms with Gasteiger partial charge in [0.15, 0.2) is 0 Å². The molecule has 1 saturated carbocycles. The van der Waals surface area contributed by atoms with Crippen molar-refractivity contribution < 1.29 is 20.1 Å². The molecule has 58 valence electrons. The van der Waals surface area contributed by atoms with Crippen molar-refractivity contribution in [3.8, 4) is 5.88 Å². The third kappa shape index (κ3) is 1.67. The van der Waals surface area contributed by atoms with E-state index in [-0.39, 0.29) is 0 Å². The molecule has 1 aromatic rings. The van der Waals surface area contributed by atoms with E-state index in [4.69, 9.17) is 11.0 Å². The Morgan fingerprint density at radius 1 is 1.91 bits per heavy atom. The van der Waals surface area contributed by atoms with Crippen LogP contribution in [0.3, 0.4) is 0 Å². The Morgan fingerprint density at radius 3 is 3.45 bits per heavy atom. The summed E-state index contributed by atoms with van der Waals surface area (Å²) in [6.45, 7) is 0. The average Bonchev–Trinajstić information content (AvgIpc) is 2.61. The lowest BCUT2D eigenvalue weighted by molar-refractivity contribution is 0.289. The molecule has 0 bridgehead atoms. The maximum absolute atomic E-state index is 13.4. The van der Waals surface area contributed by atoms with E-state index in [1.54, 1.807) is 0 Å². The minimum atomic E-state index is -2.66. The first-order valence-electron chi connectivity index (χ1n) is 6.79. The molecular weight excluding hydrogens is 145 g/mol. The molecule has 11 heavy (non-hydrogen) atoms. The van der Waals surface area contributed by atoms with E-state index in [0.717, 1.165) is 0 Å². The Morgan fingerprint density at radius 2 is 2.73 bits per heavy atom. The van der Waals surface area contributed by atoms with Crippen LogP contribution in [-0.4, -0.2) is 11.1 Å². The molecule has 0 spiro atoms. The van der Waals surface area contributed by atoms with Gasteiger partial charge in [0.2, 0.25) is 5.88 Å². The van der Waals surface area contributed by atoms with Crippen LogP contribution >= 0.6 is 0 Å². The summed E-state index contributed by atoms with van der Waals surface area (Å²) < 4.78 is 76.3. The van der Waals surface area contributed by atoms with Gasteiger partial charge in [-0.1, -0.05) is 0 Å². The molecule has 1 aliphatic rings. The van der Waals surface area contributed by atoms with Gasteiger partial charge in [0.25, 0.3) is 0 Å². The second-order valence-electron chi connectivity index (χ2n) is 1.77. The maximum Gasteiger partial charge on any atom is 0.216 e. The zero-order valence-corrected chi connectivity index (χ0v) is 5.23. The fourth-order valence-electron chi connectivity index (χ4n) is 0.502. The molecule has 1 fully saturated rings. The van der Waals surface area contributed by atoms with E-state index in [0.29, 0.717) is 0 Å². The standard InChI is InChI=1S/C8H8FNO/c9-6-3-4-10-8(5-6)11-7-1-2-7/h3-5,7H,1-2H2/i1D2,2D2,3D,4D,5D,7D. The Balaban J connectivity index is 2.43. The molecule has 1 aromatic heterocycles. The van der Waals surface area contributed by atoms with Gasteiger partial charge in [-0.2, -0.15) is 0 Å². The molecular formula is C8H8FNO. The van der Waals surface area contributed by atoms with Gasteiger partial charge in [-0.3, -0.25) is 0 Å². The number of nitrogens with zero attached hydrogens (tertiary/aromatic N) is 1. The predicted molar refractivity (Wildman–Crippen MR) is 37.8 cm³/mol. The molecule has 1 aliphatic carbocycles. The van der Waals surface area contributed by atoms with E-state index in [2.05, 4.69) is 9.72 Å². The summed E-state index contributed by atoms with van der Waals surface area (Å²) in [4.78, 5) is 3.27. The van der Waals surface area contributed by atoms with Crippen LogP contribution in [0, 0.1) is 5.82 Å². The summed E-state index contributed by atoms with van der Waals surface area (Å²) in [5.74, 6) is -2.26. The monoisotopic (exact) mass is 161 g/mol. The number of hydrogen-bond acceptors (Lipinski definition) is 2. The van der Waals surface area contributed by atoms with E-state index < -0.39 is 48.8 Å². The summed E-state index contributed by atoms with van der Waals surface area (Å²) in [5, 5.41) is 0. The van der Waals surface area contributed by atoms with Gasteiger partial charge in [-0.25, -0.2) is 9.37 Å². The highest BCUT2D eigenvalue weighted by atomic mass is 19.1. The lowest BCUT2D eigenvalue weighted by Crippen LogP contribution is -1.97. The van der Waals surface area contributed by atoms with E-state index in [9.17, 15) is 4.39 Å². The summed E-state index contributed by atoms with van der Waals surface area (Å²) in [5.41, 5.74) is 0. The molecule has 0 aromatic carbocycles. The molecule has 0 aliphatic heterocycles. The molecule has 0 radical (unpaired) electrons. The summed E-state index contributed by atoms with van der Waals surface area (Å²) in [6, 6.07) is -1.93. The summed E-state index contributed by atoms with van der Waals surface area (Å²) in [6.07, 6.45) is -8.79. The number of pyridine rings is 1. The molecule has 2 nitrogen and oxygen atoms in total. The Labute approximate surface area is 75.3 Å². The molecule has 2 rings (SSSR count). The average molecular weight is 161 g/mol. The highest BCUT2D eigenvalue weighted by molar-refractivity contribution is 5.12. The van der Waals surface area contributed by atoms with Crippen LogP contribution in [-0.2, 0) is 0 Å². The fourth-order valence-corrected chi connectivity index (χ4v) is 0.502. The molecule has 0 N–H and O–H groups in total. The van der Waals surface area contributed by atoms with Crippen LogP contribution in [0.5, 0.6) is 5.88 Å². The van der Waals surface area contributed by atoms with Gasteiger partial charge >= 0.3 is 0 Å². The third-order valence-electron chi connectivity index (χ3n) is 0.966. The van der Waals surface area contributed by atoms with Crippen molar-refractivity contribution in [2.24, 2.45) is 0 Å². The van der Waals surface area contributed by atoms with Crippen LogP contribution in [0.15, 0.2) is 18.3 Å². The number of rotatable bonds is 2. The molecule has 0 atom stereocenters. The quantitative estimate of drug-likeness (QED) is 0.659. The first-order chi connectivity index (χ1) is 8.47. The summed E-state index contributed by atoms with van der Waals surface area (Å²) in [7, 11) is 0. The van der Waals surface area contributed by atoms with Crippen LogP contribution in [0.1, 0.15) is 23.7 Å². The van der Waals surface area contributed by atoms with E-state index in [1.165, 1.54) is 0 Å². The van der Waals surface area contributed by atoms with Gasteiger partial charge in [0.1, 0.15) is 11.9 Å². The van der Waals surface area contributed by atoms with Crippen molar-refractivity contribution in [3.05, 3.63) is 24.1 Å². The molecule has 0 amide bonds. The summed E-state index contributed by atoms with van der Waals surface area (Å²) >= 11 is 0. The predicted octanol–water partition coefficient (Wildman–Crippen LogP) is 1.76. The molecule has 0 saturated heterocycles. The minimum Gasteiger partial charge on any atom is -0.474 e. The smallest absolute Gasteiger partial charge is 0.216 e. The maximum atomic E-state index is 13.4. The second kappa shape index (κ2) is 2.49. The van der Waals surface area contributed by atoms with Crippen LogP contribution < -0.4 is 4.74 Å². The normalized spacial score (nSPS) is 39.0. The number of halogens is 1. The van der Waals surface area contributed by atoms with Crippen molar-refractivity contribution >= 4 is 0 Å². The third-order valence-corrected chi connectivity index (χ3v) is 0.966.